The fraction of sp³-hybridized carbons (Fsp3) is 0.667. The normalized spacial score (nSPS) is 12.9. The van der Waals surface area contributed by atoms with Gasteiger partial charge in [-0.05, 0) is 19.8 Å². The van der Waals surface area contributed by atoms with E-state index in [-0.39, 0.29) is 11.5 Å². The summed E-state index contributed by atoms with van der Waals surface area (Å²) in [6.07, 6.45) is 1.78. The van der Waals surface area contributed by atoms with Crippen molar-refractivity contribution in [3.8, 4) is 5.88 Å². The Bertz CT molecular complexity index is 344. The molecule has 0 fully saturated rings. The fourth-order valence-electron chi connectivity index (χ4n) is 1.16. The average molecular weight is 258 g/mol. The Kier molecular flexibility index (Phi) is 5.48. The molecule has 96 valence electrons. The van der Waals surface area contributed by atoms with Crippen LogP contribution in [-0.4, -0.2) is 28.0 Å². The lowest BCUT2D eigenvalue weighted by Crippen LogP contribution is -2.20. The zero-order chi connectivity index (χ0) is 12.8. The number of anilines is 1. The Morgan fingerprint density at radius 2 is 2.06 bits per heavy atom. The van der Waals surface area contributed by atoms with Crippen molar-refractivity contribution in [3.63, 3.8) is 0 Å². The molecule has 1 N–H and O–H groups in total. The van der Waals surface area contributed by atoms with Gasteiger partial charge in [0.1, 0.15) is 0 Å². The van der Waals surface area contributed by atoms with E-state index in [4.69, 9.17) is 16.3 Å². The standard InChI is InChI=1S/C12H20ClN3O/c1-8(2)10(13)7-15-12-14-6-5-11(16-12)17-9(3)4/h5-6,8-10H,7H2,1-4H3,(H,14,15,16). The Hall–Kier alpha value is -1.03. The van der Waals surface area contributed by atoms with Gasteiger partial charge in [-0.25, -0.2) is 4.98 Å². The molecular weight excluding hydrogens is 238 g/mol. The van der Waals surface area contributed by atoms with Gasteiger partial charge >= 0.3 is 0 Å². The van der Waals surface area contributed by atoms with Crippen molar-refractivity contribution in [2.45, 2.75) is 39.2 Å². The summed E-state index contributed by atoms with van der Waals surface area (Å²) in [7, 11) is 0. The lowest BCUT2D eigenvalue weighted by atomic mass is 10.1. The maximum absolute atomic E-state index is 6.14. The first-order valence-electron chi connectivity index (χ1n) is 5.86. The number of halogens is 1. The van der Waals surface area contributed by atoms with Gasteiger partial charge in [0, 0.05) is 18.8 Å². The van der Waals surface area contributed by atoms with Crippen LogP contribution in [0.15, 0.2) is 12.3 Å². The number of rotatable bonds is 6. The zero-order valence-electron chi connectivity index (χ0n) is 10.8. The van der Waals surface area contributed by atoms with Gasteiger partial charge in [0.2, 0.25) is 11.8 Å². The van der Waals surface area contributed by atoms with Gasteiger partial charge < -0.3 is 10.1 Å². The second-order valence-corrected chi connectivity index (χ2v) is 5.09. The number of hydrogen-bond donors (Lipinski definition) is 1. The summed E-state index contributed by atoms with van der Waals surface area (Å²) in [5, 5.41) is 3.17. The quantitative estimate of drug-likeness (QED) is 0.796. The van der Waals surface area contributed by atoms with Crippen LogP contribution in [0.5, 0.6) is 5.88 Å². The van der Waals surface area contributed by atoms with E-state index in [0.717, 1.165) is 0 Å². The molecule has 1 unspecified atom stereocenters. The summed E-state index contributed by atoms with van der Waals surface area (Å²) in [6, 6.07) is 1.74. The molecule has 0 saturated heterocycles. The summed E-state index contributed by atoms with van der Waals surface area (Å²) in [6.45, 7) is 8.73. The average Bonchev–Trinajstić information content (AvgIpc) is 2.25. The minimum Gasteiger partial charge on any atom is -0.475 e. The molecule has 5 heteroatoms. The number of hydrogen-bond acceptors (Lipinski definition) is 4. The highest BCUT2D eigenvalue weighted by atomic mass is 35.5. The molecule has 0 radical (unpaired) electrons. The third kappa shape index (κ3) is 5.22. The Labute approximate surface area is 108 Å². The molecular formula is C12H20ClN3O. The van der Waals surface area contributed by atoms with E-state index in [1.54, 1.807) is 12.3 Å². The van der Waals surface area contributed by atoms with Crippen LogP contribution in [0, 0.1) is 5.92 Å². The summed E-state index contributed by atoms with van der Waals surface area (Å²) in [4.78, 5) is 8.36. The molecule has 0 aliphatic rings. The maximum Gasteiger partial charge on any atom is 0.225 e. The van der Waals surface area contributed by atoms with Crippen molar-refractivity contribution in [2.24, 2.45) is 5.92 Å². The van der Waals surface area contributed by atoms with Crippen LogP contribution in [0.3, 0.4) is 0 Å². The molecule has 1 rings (SSSR count). The molecule has 1 aromatic heterocycles. The lowest BCUT2D eigenvalue weighted by molar-refractivity contribution is 0.232. The van der Waals surface area contributed by atoms with E-state index >= 15 is 0 Å². The molecule has 1 aromatic rings. The molecule has 0 spiro atoms. The predicted octanol–water partition coefficient (Wildman–Crippen LogP) is 2.94. The molecule has 0 amide bonds. The first-order chi connectivity index (χ1) is 7.99. The van der Waals surface area contributed by atoms with E-state index in [1.165, 1.54) is 0 Å². The zero-order valence-corrected chi connectivity index (χ0v) is 11.5. The molecule has 1 heterocycles. The van der Waals surface area contributed by atoms with E-state index in [0.29, 0.717) is 24.3 Å². The molecule has 1 atom stereocenters. The monoisotopic (exact) mass is 257 g/mol. The first-order valence-corrected chi connectivity index (χ1v) is 6.30. The van der Waals surface area contributed by atoms with Crippen LogP contribution in [0.1, 0.15) is 27.7 Å². The first kappa shape index (κ1) is 14.0. The van der Waals surface area contributed by atoms with Crippen molar-refractivity contribution in [1.29, 1.82) is 0 Å². The summed E-state index contributed by atoms with van der Waals surface area (Å²) in [5.74, 6) is 1.54. The molecule has 4 nitrogen and oxygen atoms in total. The minimum absolute atomic E-state index is 0.0632. The Morgan fingerprint density at radius 3 is 2.65 bits per heavy atom. The largest absolute Gasteiger partial charge is 0.475 e. The highest BCUT2D eigenvalue weighted by molar-refractivity contribution is 6.21. The molecule has 0 aromatic carbocycles. The number of aromatic nitrogens is 2. The maximum atomic E-state index is 6.14. The molecule has 17 heavy (non-hydrogen) atoms. The van der Waals surface area contributed by atoms with Gasteiger partial charge in [-0.15, -0.1) is 11.6 Å². The Balaban J connectivity index is 2.54. The van der Waals surface area contributed by atoms with Crippen molar-refractivity contribution in [2.75, 3.05) is 11.9 Å². The number of ether oxygens (including phenoxy) is 1. The predicted molar refractivity (Wildman–Crippen MR) is 70.8 cm³/mol. The van der Waals surface area contributed by atoms with Gasteiger partial charge in [-0.3, -0.25) is 0 Å². The fourth-order valence-corrected chi connectivity index (χ4v) is 1.24. The van der Waals surface area contributed by atoms with Crippen LogP contribution in [-0.2, 0) is 0 Å². The van der Waals surface area contributed by atoms with Gasteiger partial charge in [0.05, 0.1) is 11.5 Å². The number of nitrogens with zero attached hydrogens (tertiary/aromatic N) is 2. The summed E-state index contributed by atoms with van der Waals surface area (Å²) in [5.41, 5.74) is 0. The minimum atomic E-state index is 0.0632. The van der Waals surface area contributed by atoms with Crippen molar-refractivity contribution in [3.05, 3.63) is 12.3 Å². The van der Waals surface area contributed by atoms with Gasteiger partial charge in [-0.1, -0.05) is 13.8 Å². The smallest absolute Gasteiger partial charge is 0.225 e. The van der Waals surface area contributed by atoms with Crippen LogP contribution >= 0.6 is 11.6 Å². The summed E-state index contributed by atoms with van der Waals surface area (Å²) < 4.78 is 5.49. The van der Waals surface area contributed by atoms with E-state index in [1.807, 2.05) is 13.8 Å². The molecule has 0 bridgehead atoms. The van der Waals surface area contributed by atoms with E-state index < -0.39 is 0 Å². The number of nitrogens with one attached hydrogen (secondary N) is 1. The van der Waals surface area contributed by atoms with E-state index in [9.17, 15) is 0 Å². The van der Waals surface area contributed by atoms with Gasteiger partial charge in [-0.2, -0.15) is 4.98 Å². The molecule has 0 aliphatic carbocycles. The van der Waals surface area contributed by atoms with Crippen LogP contribution in [0.2, 0.25) is 0 Å². The Morgan fingerprint density at radius 1 is 1.35 bits per heavy atom. The molecule has 0 aliphatic heterocycles. The van der Waals surface area contributed by atoms with Crippen LogP contribution in [0.25, 0.3) is 0 Å². The van der Waals surface area contributed by atoms with E-state index in [2.05, 4.69) is 29.1 Å². The van der Waals surface area contributed by atoms with Crippen molar-refractivity contribution >= 4 is 17.5 Å². The third-order valence-electron chi connectivity index (χ3n) is 2.17. The highest BCUT2D eigenvalue weighted by Crippen LogP contribution is 2.13. The second-order valence-electron chi connectivity index (χ2n) is 4.53. The highest BCUT2D eigenvalue weighted by Gasteiger charge is 2.10. The third-order valence-corrected chi connectivity index (χ3v) is 2.82. The summed E-state index contributed by atoms with van der Waals surface area (Å²) >= 11 is 6.14. The number of alkyl halides is 1. The molecule has 0 saturated carbocycles. The van der Waals surface area contributed by atoms with Crippen LogP contribution < -0.4 is 10.1 Å². The van der Waals surface area contributed by atoms with Gasteiger partial charge in [0.25, 0.3) is 0 Å². The van der Waals surface area contributed by atoms with Crippen molar-refractivity contribution < 1.29 is 4.74 Å². The van der Waals surface area contributed by atoms with Crippen molar-refractivity contribution in [1.82, 2.24) is 9.97 Å². The van der Waals surface area contributed by atoms with Gasteiger partial charge in [0.15, 0.2) is 0 Å². The topological polar surface area (TPSA) is 47.0 Å². The second kappa shape index (κ2) is 6.64. The lowest BCUT2D eigenvalue weighted by Gasteiger charge is -2.14. The SMILES string of the molecule is CC(C)Oc1ccnc(NCC(Cl)C(C)C)n1. The van der Waals surface area contributed by atoms with Crippen LogP contribution in [0.4, 0.5) is 5.95 Å².